The number of nitrogens with zero attached hydrogens (tertiary/aromatic N) is 7. The van der Waals surface area contributed by atoms with Gasteiger partial charge in [-0.15, -0.1) is 0 Å². The number of rotatable bonds is 8. The van der Waals surface area contributed by atoms with Gasteiger partial charge in [-0.3, -0.25) is 9.97 Å². The van der Waals surface area contributed by atoms with Gasteiger partial charge in [-0.05, 0) is 97.4 Å². The summed E-state index contributed by atoms with van der Waals surface area (Å²) in [6, 6.07) is 74.1. The molecule has 0 saturated carbocycles. The van der Waals surface area contributed by atoms with Gasteiger partial charge in [-0.25, -0.2) is 24.9 Å². The standard InChI is InChI=1S/C63H39N7/c1-2-15-52-48(10-1)39-57(56-17-4-3-16-55(52)56)50-36-49(40-20-26-45(27-21-40)60-66-34-9-35-67-60)37-51(38-50)63-69-61(46-28-22-41(23-29-46)53-18-5-11-43-13-7-32-64-58(43)53)68-62(70-63)47-30-24-42(25-31-47)54-19-6-12-44-14-8-33-65-59(44)54/h1-39H. The van der Waals surface area contributed by atoms with E-state index >= 15 is 0 Å². The Kier molecular flexibility index (Phi) is 10.0. The summed E-state index contributed by atoms with van der Waals surface area (Å²) >= 11 is 0. The van der Waals surface area contributed by atoms with E-state index in [-0.39, 0.29) is 0 Å². The fourth-order valence-corrected chi connectivity index (χ4v) is 9.67. The van der Waals surface area contributed by atoms with Gasteiger partial charge in [0.05, 0.1) is 11.0 Å². The summed E-state index contributed by atoms with van der Waals surface area (Å²) in [5.74, 6) is 2.38. The maximum absolute atomic E-state index is 5.33. The normalized spacial score (nSPS) is 11.4. The lowest BCUT2D eigenvalue weighted by Crippen LogP contribution is -2.01. The first-order valence-electron chi connectivity index (χ1n) is 23.3. The summed E-state index contributed by atoms with van der Waals surface area (Å²) in [6.07, 6.45) is 7.23. The summed E-state index contributed by atoms with van der Waals surface area (Å²) in [5.41, 5.74) is 14.0. The van der Waals surface area contributed by atoms with Gasteiger partial charge in [0.25, 0.3) is 0 Å². The topological polar surface area (TPSA) is 90.2 Å². The van der Waals surface area contributed by atoms with Gasteiger partial charge in [-0.1, -0.05) is 170 Å². The quantitative estimate of drug-likeness (QED) is 0.140. The average molecular weight is 894 g/mol. The van der Waals surface area contributed by atoms with E-state index in [4.69, 9.17) is 24.9 Å². The summed E-state index contributed by atoms with van der Waals surface area (Å²) in [4.78, 5) is 34.4. The third-order valence-electron chi connectivity index (χ3n) is 13.1. The largest absolute Gasteiger partial charge is 0.256 e. The van der Waals surface area contributed by atoms with Gasteiger partial charge >= 0.3 is 0 Å². The zero-order valence-corrected chi connectivity index (χ0v) is 37.6. The van der Waals surface area contributed by atoms with Gasteiger partial charge < -0.3 is 0 Å². The molecule has 0 aliphatic carbocycles. The minimum Gasteiger partial charge on any atom is -0.256 e. The van der Waals surface area contributed by atoms with Crippen LogP contribution in [0.1, 0.15) is 0 Å². The predicted octanol–water partition coefficient (Wildman–Crippen LogP) is 15.4. The molecule has 0 spiro atoms. The van der Waals surface area contributed by atoms with Crippen LogP contribution in [-0.2, 0) is 0 Å². The molecule has 326 valence electrons. The molecular formula is C63H39N7. The molecule has 0 fully saturated rings. The molecule has 0 unspecified atom stereocenters. The second-order valence-electron chi connectivity index (χ2n) is 17.4. The van der Waals surface area contributed by atoms with Crippen LogP contribution in [-0.4, -0.2) is 34.9 Å². The second-order valence-corrected chi connectivity index (χ2v) is 17.4. The highest BCUT2D eigenvalue weighted by Gasteiger charge is 2.18. The Morgan fingerprint density at radius 3 is 1.24 bits per heavy atom. The summed E-state index contributed by atoms with van der Waals surface area (Å²) in [7, 11) is 0. The monoisotopic (exact) mass is 893 g/mol. The molecular weight excluding hydrogens is 855 g/mol. The molecule has 0 amide bonds. The Morgan fingerprint density at radius 2 is 0.643 bits per heavy atom. The number of aromatic nitrogens is 7. The van der Waals surface area contributed by atoms with Gasteiger partial charge in [-0.2, -0.15) is 0 Å². The van der Waals surface area contributed by atoms with Crippen LogP contribution >= 0.6 is 0 Å². The van der Waals surface area contributed by atoms with Crippen molar-refractivity contribution >= 4 is 43.4 Å². The van der Waals surface area contributed by atoms with Crippen LogP contribution in [0.3, 0.4) is 0 Å². The highest BCUT2D eigenvalue weighted by molar-refractivity contribution is 6.14. The van der Waals surface area contributed by atoms with Crippen LogP contribution < -0.4 is 0 Å². The van der Waals surface area contributed by atoms with Crippen LogP contribution in [0.25, 0.3) is 133 Å². The molecule has 13 aromatic rings. The first kappa shape index (κ1) is 40.7. The van der Waals surface area contributed by atoms with E-state index in [0.717, 1.165) is 88.6 Å². The molecule has 70 heavy (non-hydrogen) atoms. The molecule has 4 heterocycles. The fourth-order valence-electron chi connectivity index (χ4n) is 9.67. The molecule has 7 heteroatoms. The minimum atomic E-state index is 0.562. The molecule has 7 nitrogen and oxygen atoms in total. The van der Waals surface area contributed by atoms with Gasteiger partial charge in [0.15, 0.2) is 23.3 Å². The molecule has 0 atom stereocenters. The Bertz CT molecular complexity index is 3950. The van der Waals surface area contributed by atoms with Crippen molar-refractivity contribution in [3.63, 3.8) is 0 Å². The first-order valence-corrected chi connectivity index (χ1v) is 23.3. The van der Waals surface area contributed by atoms with E-state index in [1.165, 1.54) is 21.5 Å². The molecule has 0 N–H and O–H groups in total. The minimum absolute atomic E-state index is 0.562. The van der Waals surface area contributed by atoms with Crippen molar-refractivity contribution in [3.8, 4) is 90.1 Å². The van der Waals surface area contributed by atoms with Crippen LogP contribution in [0.15, 0.2) is 237 Å². The Balaban J connectivity index is 0.993. The zero-order valence-electron chi connectivity index (χ0n) is 37.6. The van der Waals surface area contributed by atoms with Crippen LogP contribution in [0.5, 0.6) is 0 Å². The van der Waals surface area contributed by atoms with Gasteiger partial charge in [0, 0.05) is 68.9 Å². The number of para-hydroxylation sites is 2. The van der Waals surface area contributed by atoms with Crippen LogP contribution in [0, 0.1) is 0 Å². The van der Waals surface area contributed by atoms with Gasteiger partial charge in [0.1, 0.15) is 0 Å². The third-order valence-corrected chi connectivity index (χ3v) is 13.1. The Hall–Kier alpha value is -9.59. The number of hydrogen-bond acceptors (Lipinski definition) is 7. The van der Waals surface area contributed by atoms with E-state index in [1.54, 1.807) is 12.4 Å². The van der Waals surface area contributed by atoms with E-state index < -0.39 is 0 Å². The van der Waals surface area contributed by atoms with Crippen molar-refractivity contribution in [1.82, 2.24) is 34.9 Å². The smallest absolute Gasteiger partial charge is 0.164 e. The summed E-state index contributed by atoms with van der Waals surface area (Å²) in [6.45, 7) is 0. The summed E-state index contributed by atoms with van der Waals surface area (Å²) < 4.78 is 0. The fraction of sp³-hybridized carbons (Fsp3) is 0. The van der Waals surface area contributed by atoms with Crippen LogP contribution in [0.4, 0.5) is 0 Å². The molecule has 0 bridgehead atoms. The second kappa shape index (κ2) is 17.2. The zero-order chi connectivity index (χ0) is 46.4. The first-order chi connectivity index (χ1) is 34.7. The molecule has 0 radical (unpaired) electrons. The Morgan fingerprint density at radius 1 is 0.214 bits per heavy atom. The van der Waals surface area contributed by atoms with Gasteiger partial charge in [0.2, 0.25) is 0 Å². The van der Waals surface area contributed by atoms with Crippen molar-refractivity contribution in [2.75, 3.05) is 0 Å². The van der Waals surface area contributed by atoms with E-state index in [2.05, 4.69) is 204 Å². The highest BCUT2D eigenvalue weighted by Crippen LogP contribution is 2.40. The Labute approximate surface area is 403 Å². The van der Waals surface area contributed by atoms with Crippen molar-refractivity contribution in [2.45, 2.75) is 0 Å². The highest BCUT2D eigenvalue weighted by atomic mass is 15.0. The average Bonchev–Trinajstić information content (AvgIpc) is 3.44. The molecule has 4 aromatic heterocycles. The number of fused-ring (bicyclic) bond motifs is 5. The maximum atomic E-state index is 5.33. The van der Waals surface area contributed by atoms with Crippen molar-refractivity contribution in [3.05, 3.63) is 237 Å². The van der Waals surface area contributed by atoms with Crippen molar-refractivity contribution < 1.29 is 0 Å². The van der Waals surface area contributed by atoms with E-state index in [1.807, 2.05) is 30.6 Å². The summed E-state index contributed by atoms with van der Waals surface area (Å²) in [5, 5.41) is 6.95. The predicted molar refractivity (Wildman–Crippen MR) is 285 cm³/mol. The van der Waals surface area contributed by atoms with Crippen molar-refractivity contribution in [2.24, 2.45) is 0 Å². The lowest BCUT2D eigenvalue weighted by molar-refractivity contribution is 1.07. The number of hydrogen-bond donors (Lipinski definition) is 0. The molecule has 13 rings (SSSR count). The van der Waals surface area contributed by atoms with E-state index in [0.29, 0.717) is 23.3 Å². The SMILES string of the molecule is c1cnc(-c2ccc(-c3cc(-c4nc(-c5ccc(-c6cccc7cccnc67)cc5)nc(-c5ccc(-c6cccc7cccnc67)cc5)n4)cc(-c4cc5ccccc5c5ccccc45)c3)cc2)nc1. The molecule has 0 aliphatic rings. The lowest BCUT2D eigenvalue weighted by atomic mass is 9.90. The molecule has 0 saturated heterocycles. The maximum Gasteiger partial charge on any atom is 0.164 e. The number of benzene rings is 9. The number of pyridine rings is 2. The van der Waals surface area contributed by atoms with Crippen molar-refractivity contribution in [1.29, 1.82) is 0 Å². The molecule has 9 aromatic carbocycles. The van der Waals surface area contributed by atoms with Crippen LogP contribution in [0.2, 0.25) is 0 Å². The lowest BCUT2D eigenvalue weighted by Gasteiger charge is -2.15. The third kappa shape index (κ3) is 7.48. The van der Waals surface area contributed by atoms with E-state index in [9.17, 15) is 0 Å². The molecule has 0 aliphatic heterocycles.